The molecule has 0 rings (SSSR count). The standard InChI is InChI=1S/C6H14FN/c1-6(2,7)5-8(3)4/h5H2,1-4H3. The van der Waals surface area contributed by atoms with Crippen LogP contribution in [0.4, 0.5) is 4.39 Å². The van der Waals surface area contributed by atoms with E-state index in [1.165, 1.54) is 0 Å². The molecule has 2 heteroatoms. The fourth-order valence-corrected chi connectivity index (χ4v) is 0.752. The summed E-state index contributed by atoms with van der Waals surface area (Å²) in [5.74, 6) is 0. The first-order valence-corrected chi connectivity index (χ1v) is 2.75. The third kappa shape index (κ3) is 5.89. The van der Waals surface area contributed by atoms with Gasteiger partial charge in [-0.2, -0.15) is 0 Å². The Morgan fingerprint density at radius 1 is 1.38 bits per heavy atom. The Labute approximate surface area is 50.5 Å². The summed E-state index contributed by atoms with van der Waals surface area (Å²) in [5.41, 5.74) is -1.05. The second-order valence-electron chi connectivity index (χ2n) is 2.96. The largest absolute Gasteiger partial charge is 0.306 e. The summed E-state index contributed by atoms with van der Waals surface area (Å²) in [5, 5.41) is 0. The molecule has 0 aromatic heterocycles. The second-order valence-corrected chi connectivity index (χ2v) is 2.96. The van der Waals surface area contributed by atoms with Crippen molar-refractivity contribution >= 4 is 0 Å². The molecule has 0 unspecified atom stereocenters. The molecule has 0 aliphatic rings. The first kappa shape index (κ1) is 7.89. The minimum Gasteiger partial charge on any atom is -0.306 e. The van der Waals surface area contributed by atoms with Gasteiger partial charge in [0, 0.05) is 6.54 Å². The zero-order valence-corrected chi connectivity index (χ0v) is 6.03. The van der Waals surface area contributed by atoms with Gasteiger partial charge >= 0.3 is 0 Å². The maximum absolute atomic E-state index is 12.6. The highest BCUT2D eigenvalue weighted by Crippen LogP contribution is 2.07. The first-order valence-electron chi connectivity index (χ1n) is 2.75. The lowest BCUT2D eigenvalue weighted by Gasteiger charge is -2.18. The Morgan fingerprint density at radius 2 is 1.75 bits per heavy atom. The Hall–Kier alpha value is -0.110. The molecule has 0 amide bonds. The van der Waals surface area contributed by atoms with Crippen LogP contribution in [0.3, 0.4) is 0 Å². The quantitative estimate of drug-likeness (QED) is 0.529. The van der Waals surface area contributed by atoms with Crippen molar-refractivity contribution in [2.75, 3.05) is 20.6 Å². The van der Waals surface area contributed by atoms with Crippen LogP contribution in [0.1, 0.15) is 13.8 Å². The number of rotatable bonds is 2. The molecule has 0 N–H and O–H groups in total. The van der Waals surface area contributed by atoms with Crippen molar-refractivity contribution in [3.05, 3.63) is 0 Å². The number of halogens is 1. The number of nitrogens with zero attached hydrogens (tertiary/aromatic N) is 1. The lowest BCUT2D eigenvalue weighted by molar-refractivity contribution is 0.159. The number of alkyl halides is 1. The fourth-order valence-electron chi connectivity index (χ4n) is 0.752. The summed E-state index contributed by atoms with van der Waals surface area (Å²) >= 11 is 0. The topological polar surface area (TPSA) is 3.24 Å². The SMILES string of the molecule is CN(C)CC(C)(C)F. The van der Waals surface area contributed by atoms with Gasteiger partial charge in [0.1, 0.15) is 5.67 Å². The van der Waals surface area contributed by atoms with E-state index in [-0.39, 0.29) is 0 Å². The van der Waals surface area contributed by atoms with Crippen LogP contribution in [0.5, 0.6) is 0 Å². The minimum atomic E-state index is -1.05. The van der Waals surface area contributed by atoms with E-state index in [1.807, 2.05) is 19.0 Å². The van der Waals surface area contributed by atoms with Crippen LogP contribution in [0.2, 0.25) is 0 Å². The molecule has 0 aliphatic heterocycles. The molecule has 0 saturated heterocycles. The van der Waals surface area contributed by atoms with Crippen LogP contribution in [-0.4, -0.2) is 31.2 Å². The molecule has 0 aromatic carbocycles. The zero-order valence-electron chi connectivity index (χ0n) is 6.03. The Morgan fingerprint density at radius 3 is 1.75 bits per heavy atom. The molecule has 0 heterocycles. The van der Waals surface area contributed by atoms with E-state index >= 15 is 0 Å². The molecule has 0 aliphatic carbocycles. The van der Waals surface area contributed by atoms with Gasteiger partial charge < -0.3 is 4.90 Å². The van der Waals surface area contributed by atoms with Gasteiger partial charge in [0.25, 0.3) is 0 Å². The van der Waals surface area contributed by atoms with Gasteiger partial charge in [-0.3, -0.25) is 0 Å². The van der Waals surface area contributed by atoms with Gasteiger partial charge in [-0.15, -0.1) is 0 Å². The van der Waals surface area contributed by atoms with E-state index in [4.69, 9.17) is 0 Å². The van der Waals surface area contributed by atoms with Crippen molar-refractivity contribution < 1.29 is 4.39 Å². The molecule has 0 bridgehead atoms. The molecular formula is C6H14FN. The summed E-state index contributed by atoms with van der Waals surface area (Å²) in [6.45, 7) is 3.65. The predicted octanol–water partition coefficient (Wildman–Crippen LogP) is 1.30. The van der Waals surface area contributed by atoms with Gasteiger partial charge in [-0.05, 0) is 27.9 Å². The van der Waals surface area contributed by atoms with Gasteiger partial charge in [0.15, 0.2) is 0 Å². The third-order valence-corrected chi connectivity index (χ3v) is 0.692. The van der Waals surface area contributed by atoms with Crippen molar-refractivity contribution in [3.8, 4) is 0 Å². The molecule has 0 saturated carbocycles. The highest BCUT2D eigenvalue weighted by Gasteiger charge is 2.15. The van der Waals surface area contributed by atoms with Gasteiger partial charge in [-0.1, -0.05) is 0 Å². The van der Waals surface area contributed by atoms with Crippen molar-refractivity contribution in [3.63, 3.8) is 0 Å². The monoisotopic (exact) mass is 119 g/mol. The van der Waals surface area contributed by atoms with E-state index in [9.17, 15) is 4.39 Å². The van der Waals surface area contributed by atoms with E-state index in [1.54, 1.807) is 13.8 Å². The lowest BCUT2D eigenvalue weighted by Crippen LogP contribution is -2.29. The van der Waals surface area contributed by atoms with Crippen LogP contribution in [0.15, 0.2) is 0 Å². The van der Waals surface area contributed by atoms with Crippen LogP contribution in [-0.2, 0) is 0 Å². The molecule has 50 valence electrons. The second kappa shape index (κ2) is 2.44. The van der Waals surface area contributed by atoms with E-state index in [0.717, 1.165) is 0 Å². The average molecular weight is 119 g/mol. The highest BCUT2D eigenvalue weighted by molar-refractivity contribution is 4.67. The summed E-state index contributed by atoms with van der Waals surface area (Å²) in [4.78, 5) is 1.83. The predicted molar refractivity (Wildman–Crippen MR) is 33.7 cm³/mol. The van der Waals surface area contributed by atoms with Crippen LogP contribution < -0.4 is 0 Å². The Balaban J connectivity index is 3.39. The zero-order chi connectivity index (χ0) is 6.78. The van der Waals surface area contributed by atoms with Crippen molar-refractivity contribution in [2.24, 2.45) is 0 Å². The summed E-state index contributed by atoms with van der Waals surface area (Å²) in [7, 11) is 3.72. The number of hydrogen-bond donors (Lipinski definition) is 0. The molecule has 1 nitrogen and oxygen atoms in total. The highest BCUT2D eigenvalue weighted by atomic mass is 19.1. The van der Waals surface area contributed by atoms with Crippen molar-refractivity contribution in [2.45, 2.75) is 19.5 Å². The molecule has 0 atom stereocenters. The summed E-state index contributed by atoms with van der Waals surface area (Å²) in [6.07, 6.45) is 0. The van der Waals surface area contributed by atoms with E-state index in [0.29, 0.717) is 6.54 Å². The maximum Gasteiger partial charge on any atom is 0.118 e. The lowest BCUT2D eigenvalue weighted by atomic mass is 10.2. The summed E-state index contributed by atoms with van der Waals surface area (Å²) < 4.78 is 12.6. The Bertz CT molecular complexity index is 63.4. The third-order valence-electron chi connectivity index (χ3n) is 0.692. The maximum atomic E-state index is 12.6. The molecule has 0 fully saturated rings. The van der Waals surface area contributed by atoms with Gasteiger partial charge in [-0.25, -0.2) is 4.39 Å². The first-order chi connectivity index (χ1) is 3.42. The van der Waals surface area contributed by atoms with Gasteiger partial charge in [0.05, 0.1) is 0 Å². The van der Waals surface area contributed by atoms with Crippen molar-refractivity contribution in [1.29, 1.82) is 0 Å². The van der Waals surface area contributed by atoms with E-state index < -0.39 is 5.67 Å². The molecule has 0 aromatic rings. The van der Waals surface area contributed by atoms with Crippen LogP contribution >= 0.6 is 0 Å². The smallest absolute Gasteiger partial charge is 0.118 e. The van der Waals surface area contributed by atoms with Crippen molar-refractivity contribution in [1.82, 2.24) is 4.90 Å². The normalized spacial score (nSPS) is 12.8. The average Bonchev–Trinajstić information content (AvgIpc) is 1.21. The van der Waals surface area contributed by atoms with Gasteiger partial charge in [0.2, 0.25) is 0 Å². The molecule has 0 spiro atoms. The molecule has 8 heavy (non-hydrogen) atoms. The van der Waals surface area contributed by atoms with Crippen LogP contribution in [0.25, 0.3) is 0 Å². The Kier molecular flexibility index (Phi) is 2.41. The number of hydrogen-bond acceptors (Lipinski definition) is 1. The fraction of sp³-hybridized carbons (Fsp3) is 1.00. The van der Waals surface area contributed by atoms with Crippen LogP contribution in [0, 0.1) is 0 Å². The molecular weight excluding hydrogens is 105 g/mol. The van der Waals surface area contributed by atoms with E-state index in [2.05, 4.69) is 0 Å². The minimum absolute atomic E-state index is 0.493. The molecule has 0 radical (unpaired) electrons. The summed E-state index contributed by atoms with van der Waals surface area (Å²) in [6, 6.07) is 0.